The van der Waals surface area contributed by atoms with E-state index >= 15 is 0 Å². The summed E-state index contributed by atoms with van der Waals surface area (Å²) in [5, 5.41) is 2.36. The van der Waals surface area contributed by atoms with Crippen LogP contribution in [-0.4, -0.2) is 35.8 Å². The van der Waals surface area contributed by atoms with Crippen LogP contribution in [0.4, 0.5) is 14.5 Å². The van der Waals surface area contributed by atoms with Gasteiger partial charge in [-0.25, -0.2) is 8.78 Å². The molecule has 0 radical (unpaired) electrons. The van der Waals surface area contributed by atoms with Gasteiger partial charge in [-0.2, -0.15) is 0 Å². The molecule has 1 aromatic carbocycles. The molecule has 23 heavy (non-hydrogen) atoms. The van der Waals surface area contributed by atoms with Gasteiger partial charge in [-0.05, 0) is 25.0 Å². The lowest BCUT2D eigenvalue weighted by Gasteiger charge is -2.28. The summed E-state index contributed by atoms with van der Waals surface area (Å²) in [6.45, 7) is -0.226. The second-order valence-corrected chi connectivity index (χ2v) is 5.73. The van der Waals surface area contributed by atoms with E-state index in [-0.39, 0.29) is 30.5 Å². The molecule has 3 N–H and O–H groups in total. The molecule has 5 nitrogen and oxygen atoms in total. The van der Waals surface area contributed by atoms with E-state index in [4.69, 9.17) is 5.73 Å². The maximum Gasteiger partial charge on any atom is 0.243 e. The van der Waals surface area contributed by atoms with Crippen LogP contribution in [-0.2, 0) is 9.59 Å². The molecule has 128 valence electrons. The third kappa shape index (κ3) is 4.87. The summed E-state index contributed by atoms with van der Waals surface area (Å²) in [5.41, 5.74) is 5.15. The summed E-state index contributed by atoms with van der Waals surface area (Å²) in [7, 11) is 1.49. The minimum absolute atomic E-state index is 0. The number of amides is 2. The van der Waals surface area contributed by atoms with Gasteiger partial charge in [-0.3, -0.25) is 9.59 Å². The summed E-state index contributed by atoms with van der Waals surface area (Å²) >= 11 is 0. The predicted molar refractivity (Wildman–Crippen MR) is 85.3 cm³/mol. The van der Waals surface area contributed by atoms with Crippen molar-refractivity contribution in [2.45, 2.75) is 31.2 Å². The first-order valence-electron chi connectivity index (χ1n) is 7.10. The number of hydrogen-bond acceptors (Lipinski definition) is 3. The molecule has 0 heterocycles. The van der Waals surface area contributed by atoms with Gasteiger partial charge in [0, 0.05) is 18.8 Å². The van der Waals surface area contributed by atoms with Gasteiger partial charge in [0.1, 0.15) is 11.6 Å². The number of hydrogen-bond donors (Lipinski definition) is 2. The molecule has 0 atom stereocenters. The highest BCUT2D eigenvalue weighted by molar-refractivity contribution is 5.96. The zero-order chi connectivity index (χ0) is 16.3. The number of rotatable bonds is 4. The summed E-state index contributed by atoms with van der Waals surface area (Å²) in [6.07, 6.45) is 3.00. The molecule has 0 aliphatic heterocycles. The fourth-order valence-corrected chi connectivity index (χ4v) is 2.71. The number of nitrogens with zero attached hydrogens (tertiary/aromatic N) is 1. The average Bonchev–Trinajstić information content (AvgIpc) is 2.84. The van der Waals surface area contributed by atoms with Crippen LogP contribution in [0.2, 0.25) is 0 Å². The number of carbonyl (C=O) groups excluding carboxylic acids is 2. The monoisotopic (exact) mass is 347 g/mol. The third-order valence-electron chi connectivity index (χ3n) is 3.80. The van der Waals surface area contributed by atoms with Crippen LogP contribution in [0.25, 0.3) is 0 Å². The predicted octanol–water partition coefficient (Wildman–Crippen LogP) is 2.05. The second-order valence-electron chi connectivity index (χ2n) is 5.73. The molecule has 0 spiro atoms. The molecular formula is C15H20ClF2N3O2. The third-order valence-corrected chi connectivity index (χ3v) is 3.80. The molecule has 1 aliphatic carbocycles. The Balaban J connectivity index is 0.00000264. The molecule has 8 heteroatoms. The average molecular weight is 348 g/mol. The van der Waals surface area contributed by atoms with Crippen molar-refractivity contribution in [2.24, 2.45) is 5.73 Å². The van der Waals surface area contributed by atoms with Crippen LogP contribution in [0.15, 0.2) is 18.2 Å². The van der Waals surface area contributed by atoms with E-state index in [1.807, 2.05) is 0 Å². The summed E-state index contributed by atoms with van der Waals surface area (Å²) in [4.78, 5) is 25.4. The maximum absolute atomic E-state index is 13.1. The van der Waals surface area contributed by atoms with E-state index in [0.29, 0.717) is 18.9 Å². The molecule has 2 rings (SSSR count). The summed E-state index contributed by atoms with van der Waals surface area (Å²) in [5.74, 6) is -2.40. The molecular weight excluding hydrogens is 328 g/mol. The summed E-state index contributed by atoms with van der Waals surface area (Å²) in [6, 6.07) is 2.72. The van der Waals surface area contributed by atoms with Crippen molar-refractivity contribution in [3.8, 4) is 0 Å². The van der Waals surface area contributed by atoms with Crippen LogP contribution < -0.4 is 11.1 Å². The molecule has 2 amide bonds. The van der Waals surface area contributed by atoms with Gasteiger partial charge in [0.05, 0.1) is 12.1 Å². The van der Waals surface area contributed by atoms with Crippen LogP contribution in [0, 0.1) is 11.6 Å². The Bertz CT molecular complexity index is 572. The Morgan fingerprint density at radius 2 is 1.74 bits per heavy atom. The highest BCUT2D eigenvalue weighted by atomic mass is 35.5. The Morgan fingerprint density at radius 3 is 2.26 bits per heavy atom. The SMILES string of the molecule is CN(CC(=O)Nc1cc(F)cc(F)c1)C(=O)C1(N)CCCC1.Cl. The number of likely N-dealkylation sites (N-methyl/N-ethyl adjacent to an activating group) is 1. The second kappa shape index (κ2) is 7.70. The van der Waals surface area contributed by atoms with Crippen molar-refractivity contribution in [1.29, 1.82) is 0 Å². The Morgan fingerprint density at radius 1 is 1.22 bits per heavy atom. The molecule has 0 unspecified atom stereocenters. The number of anilines is 1. The highest BCUT2D eigenvalue weighted by Crippen LogP contribution is 2.28. The van der Waals surface area contributed by atoms with E-state index < -0.39 is 23.1 Å². The number of nitrogens with two attached hydrogens (primary N) is 1. The lowest BCUT2D eigenvalue weighted by Crippen LogP contribution is -2.53. The van der Waals surface area contributed by atoms with Crippen molar-refractivity contribution in [1.82, 2.24) is 4.90 Å². The van der Waals surface area contributed by atoms with Gasteiger partial charge in [-0.15, -0.1) is 12.4 Å². The van der Waals surface area contributed by atoms with Crippen molar-refractivity contribution in [2.75, 3.05) is 18.9 Å². The topological polar surface area (TPSA) is 75.4 Å². The minimum atomic E-state index is -0.903. The minimum Gasteiger partial charge on any atom is -0.335 e. The first-order valence-corrected chi connectivity index (χ1v) is 7.10. The first-order chi connectivity index (χ1) is 10.3. The van der Waals surface area contributed by atoms with Gasteiger partial charge >= 0.3 is 0 Å². The molecule has 1 saturated carbocycles. The fraction of sp³-hybridized carbons (Fsp3) is 0.467. The quantitative estimate of drug-likeness (QED) is 0.875. The van der Waals surface area contributed by atoms with Gasteiger partial charge in [0.2, 0.25) is 11.8 Å². The lowest BCUT2D eigenvalue weighted by atomic mass is 9.97. The van der Waals surface area contributed by atoms with Crippen molar-refractivity contribution in [3.05, 3.63) is 29.8 Å². The maximum atomic E-state index is 13.1. The van der Waals surface area contributed by atoms with Gasteiger partial charge in [-0.1, -0.05) is 12.8 Å². The highest BCUT2D eigenvalue weighted by Gasteiger charge is 2.39. The number of benzene rings is 1. The molecule has 0 aromatic heterocycles. The van der Waals surface area contributed by atoms with E-state index in [1.165, 1.54) is 11.9 Å². The Kier molecular flexibility index (Phi) is 6.47. The summed E-state index contributed by atoms with van der Waals surface area (Å²) < 4.78 is 26.1. The van der Waals surface area contributed by atoms with Gasteiger partial charge < -0.3 is 16.0 Å². The van der Waals surface area contributed by atoms with Crippen molar-refractivity contribution in [3.63, 3.8) is 0 Å². The first kappa shape index (κ1) is 19.3. The van der Waals surface area contributed by atoms with Crippen molar-refractivity contribution < 1.29 is 18.4 Å². The Hall–Kier alpha value is -1.73. The zero-order valence-electron chi connectivity index (χ0n) is 12.8. The number of carbonyl (C=O) groups is 2. The smallest absolute Gasteiger partial charge is 0.243 e. The van der Waals surface area contributed by atoms with Crippen LogP contribution in [0.3, 0.4) is 0 Å². The van der Waals surface area contributed by atoms with E-state index in [9.17, 15) is 18.4 Å². The van der Waals surface area contributed by atoms with Crippen LogP contribution in [0.1, 0.15) is 25.7 Å². The molecule has 1 aromatic rings. The van der Waals surface area contributed by atoms with Gasteiger partial charge in [0.25, 0.3) is 0 Å². The largest absolute Gasteiger partial charge is 0.335 e. The molecule has 1 aliphatic rings. The number of nitrogens with one attached hydrogen (secondary N) is 1. The van der Waals surface area contributed by atoms with Crippen LogP contribution in [0.5, 0.6) is 0 Å². The van der Waals surface area contributed by atoms with E-state index in [2.05, 4.69) is 5.32 Å². The molecule has 0 saturated heterocycles. The standard InChI is InChI=1S/C15H19F2N3O2.ClH/c1-20(14(22)15(18)4-2-3-5-15)9-13(21)19-12-7-10(16)6-11(17)8-12;/h6-8H,2-5,9,18H2,1H3,(H,19,21);1H. The Labute approximate surface area is 139 Å². The van der Waals surface area contributed by atoms with E-state index in [1.54, 1.807) is 0 Å². The van der Waals surface area contributed by atoms with E-state index in [0.717, 1.165) is 25.0 Å². The zero-order valence-corrected chi connectivity index (χ0v) is 13.6. The number of halogens is 3. The van der Waals surface area contributed by atoms with Crippen LogP contribution >= 0.6 is 12.4 Å². The fourth-order valence-electron chi connectivity index (χ4n) is 2.71. The van der Waals surface area contributed by atoms with Gasteiger partial charge in [0.15, 0.2) is 0 Å². The molecule has 1 fully saturated rings. The lowest BCUT2D eigenvalue weighted by molar-refractivity contribution is -0.138. The van der Waals surface area contributed by atoms with Crippen molar-refractivity contribution >= 4 is 29.9 Å². The molecule has 0 bridgehead atoms. The normalized spacial score (nSPS) is 15.7.